The molecule has 2 amide bonds. The summed E-state index contributed by atoms with van der Waals surface area (Å²) in [6.45, 7) is 10.2. The van der Waals surface area contributed by atoms with Crippen LogP contribution in [0.15, 0.2) is 72.4 Å². The van der Waals surface area contributed by atoms with Crippen LogP contribution in [-0.2, 0) is 11.3 Å². The van der Waals surface area contributed by atoms with E-state index in [1.807, 2.05) is 55.7 Å². The summed E-state index contributed by atoms with van der Waals surface area (Å²) in [5.74, 6) is 0.214. The van der Waals surface area contributed by atoms with Crippen molar-refractivity contribution in [2.45, 2.75) is 38.5 Å². The first-order chi connectivity index (χ1) is 18.8. The van der Waals surface area contributed by atoms with Gasteiger partial charge in [-0.05, 0) is 25.0 Å². The molecule has 0 aliphatic heterocycles. The lowest BCUT2D eigenvalue weighted by Gasteiger charge is -2.22. The zero-order valence-electron chi connectivity index (χ0n) is 21.8. The number of carbonyl (C=O) groups excluding carboxylic acids is 2. The van der Waals surface area contributed by atoms with Gasteiger partial charge in [0.2, 0.25) is 5.91 Å². The Kier molecular flexibility index (Phi) is 9.55. The number of allylic oxidation sites excluding steroid dienone is 1. The molecule has 0 saturated carbocycles. The van der Waals surface area contributed by atoms with E-state index < -0.39 is 6.04 Å². The lowest BCUT2D eigenvalue weighted by atomic mass is 10.0. The first kappa shape index (κ1) is 28.5. The van der Waals surface area contributed by atoms with Crippen molar-refractivity contribution in [3.63, 3.8) is 0 Å². The number of benzene rings is 2. The zero-order chi connectivity index (χ0) is 27.9. The molecule has 4 rings (SSSR count). The Morgan fingerprint density at radius 3 is 2.54 bits per heavy atom. The van der Waals surface area contributed by atoms with Crippen molar-refractivity contribution in [1.29, 1.82) is 0 Å². The third-order valence-electron chi connectivity index (χ3n) is 5.83. The monoisotopic (exact) mass is 580 g/mol. The molecule has 39 heavy (non-hydrogen) atoms. The summed E-state index contributed by atoms with van der Waals surface area (Å²) in [6, 6.07) is 16.3. The van der Waals surface area contributed by atoms with E-state index in [0.29, 0.717) is 33.2 Å². The van der Waals surface area contributed by atoms with Crippen LogP contribution >= 0.6 is 34.7 Å². The highest BCUT2D eigenvalue weighted by Gasteiger charge is 2.27. The molecule has 8 nitrogen and oxygen atoms in total. The van der Waals surface area contributed by atoms with Gasteiger partial charge in [0.05, 0.1) is 28.1 Å². The van der Waals surface area contributed by atoms with Gasteiger partial charge in [0.1, 0.15) is 0 Å². The number of halogens is 1. The third-order valence-corrected chi connectivity index (χ3v) is 8.01. The van der Waals surface area contributed by atoms with Gasteiger partial charge in [-0.15, -0.1) is 28.1 Å². The minimum atomic E-state index is -0.431. The third kappa shape index (κ3) is 6.95. The van der Waals surface area contributed by atoms with Crippen LogP contribution in [0.25, 0.3) is 11.3 Å². The lowest BCUT2D eigenvalue weighted by molar-refractivity contribution is -0.113. The Hall–Kier alpha value is -3.47. The average Bonchev–Trinajstić information content (AvgIpc) is 3.49. The summed E-state index contributed by atoms with van der Waals surface area (Å²) >= 11 is 8.93. The number of carbonyl (C=O) groups is 2. The van der Waals surface area contributed by atoms with Crippen molar-refractivity contribution >= 4 is 51.6 Å². The van der Waals surface area contributed by atoms with Gasteiger partial charge in [-0.1, -0.05) is 85.8 Å². The quantitative estimate of drug-likeness (QED) is 0.157. The van der Waals surface area contributed by atoms with E-state index in [9.17, 15) is 9.59 Å². The summed E-state index contributed by atoms with van der Waals surface area (Å²) in [7, 11) is 0. The molecular formula is C28H29ClN6O2S2. The number of aryl methyl sites for hydroxylation is 1. The molecule has 0 aliphatic carbocycles. The number of nitrogens with zero attached hydrogens (tertiary/aromatic N) is 4. The van der Waals surface area contributed by atoms with Crippen molar-refractivity contribution < 1.29 is 9.59 Å². The molecule has 0 spiro atoms. The number of nitrogens with one attached hydrogen (secondary N) is 2. The van der Waals surface area contributed by atoms with Crippen molar-refractivity contribution in [2.75, 3.05) is 11.1 Å². The molecule has 0 unspecified atom stereocenters. The number of rotatable bonds is 11. The van der Waals surface area contributed by atoms with Gasteiger partial charge in [0.25, 0.3) is 5.91 Å². The van der Waals surface area contributed by atoms with Crippen molar-refractivity contribution in [3.8, 4) is 11.3 Å². The molecular weight excluding hydrogens is 552 g/mol. The fraction of sp³-hybridized carbons (Fsp3) is 0.250. The number of thioether (sulfide) groups is 1. The maximum atomic E-state index is 13.0. The van der Waals surface area contributed by atoms with Crippen LogP contribution < -0.4 is 10.6 Å². The van der Waals surface area contributed by atoms with E-state index in [2.05, 4.69) is 32.4 Å². The maximum Gasteiger partial charge on any atom is 0.253 e. The highest BCUT2D eigenvalue weighted by molar-refractivity contribution is 7.99. The van der Waals surface area contributed by atoms with Crippen LogP contribution in [0.3, 0.4) is 0 Å². The number of amides is 2. The minimum Gasteiger partial charge on any atom is -0.342 e. The molecule has 1 atom stereocenters. The molecule has 2 N–H and O–H groups in total. The summed E-state index contributed by atoms with van der Waals surface area (Å²) in [5, 5.41) is 16.1. The highest BCUT2D eigenvalue weighted by Crippen LogP contribution is 2.31. The summed E-state index contributed by atoms with van der Waals surface area (Å²) in [4.78, 5) is 31.4. The van der Waals surface area contributed by atoms with Crippen molar-refractivity contribution in [1.82, 2.24) is 25.1 Å². The zero-order valence-corrected chi connectivity index (χ0v) is 24.2. The molecule has 0 aliphatic rings. The van der Waals surface area contributed by atoms with E-state index in [1.165, 1.54) is 23.1 Å². The molecule has 2 aromatic heterocycles. The van der Waals surface area contributed by atoms with Gasteiger partial charge in [-0.3, -0.25) is 9.59 Å². The molecule has 0 bridgehead atoms. The van der Waals surface area contributed by atoms with E-state index in [0.717, 1.165) is 16.1 Å². The van der Waals surface area contributed by atoms with Gasteiger partial charge < -0.3 is 15.2 Å². The maximum absolute atomic E-state index is 13.0. The normalized spacial score (nSPS) is 11.8. The van der Waals surface area contributed by atoms with Gasteiger partial charge in [0.15, 0.2) is 16.1 Å². The first-order valence-corrected chi connectivity index (χ1v) is 14.5. The van der Waals surface area contributed by atoms with Crippen LogP contribution in [0.4, 0.5) is 5.13 Å². The average molecular weight is 581 g/mol. The second kappa shape index (κ2) is 13.1. The highest BCUT2D eigenvalue weighted by atomic mass is 35.5. The predicted molar refractivity (Wildman–Crippen MR) is 158 cm³/mol. The molecule has 0 radical (unpaired) electrons. The van der Waals surface area contributed by atoms with Crippen molar-refractivity contribution in [2.24, 2.45) is 5.92 Å². The Balaban J connectivity index is 1.46. The topological polar surface area (TPSA) is 102 Å². The van der Waals surface area contributed by atoms with Crippen LogP contribution in [0, 0.1) is 12.8 Å². The molecule has 2 aromatic carbocycles. The minimum absolute atomic E-state index is 0.0114. The molecule has 11 heteroatoms. The Morgan fingerprint density at radius 1 is 1.13 bits per heavy atom. The summed E-state index contributed by atoms with van der Waals surface area (Å²) in [5.41, 5.74) is 2.25. The summed E-state index contributed by atoms with van der Waals surface area (Å²) < 4.78 is 1.86. The molecule has 4 aromatic rings. The predicted octanol–water partition coefficient (Wildman–Crippen LogP) is 6.41. The Morgan fingerprint density at radius 2 is 1.85 bits per heavy atom. The van der Waals surface area contributed by atoms with Crippen LogP contribution in [-0.4, -0.2) is 37.3 Å². The number of hydrogen-bond donors (Lipinski definition) is 2. The van der Waals surface area contributed by atoms with Gasteiger partial charge in [-0.2, -0.15) is 0 Å². The number of thiazole rings is 1. The standard InChI is InChI=1S/C28H29ClN6O2S2/c1-5-15-35-25(23(17(2)3)31-26(37)20-13-9-10-14-21(20)29)33-34-28(35)38-16-22(36)30-27-32-24(18(4)39-27)19-11-7-6-8-12-19/h5-14,17,23H,1,15-16H2,2-4H3,(H,31,37)(H,30,32,36)/t23-/m0/s1. The van der Waals surface area contributed by atoms with Gasteiger partial charge >= 0.3 is 0 Å². The van der Waals surface area contributed by atoms with Crippen LogP contribution in [0.5, 0.6) is 0 Å². The Bertz CT molecular complexity index is 1470. The SMILES string of the molecule is C=CCn1c(SCC(=O)Nc2nc(-c3ccccc3)c(C)s2)nnc1[C@@H](NC(=O)c1ccccc1Cl)C(C)C. The van der Waals surface area contributed by atoms with E-state index in [4.69, 9.17) is 11.6 Å². The van der Waals surface area contributed by atoms with E-state index in [1.54, 1.807) is 30.3 Å². The lowest BCUT2D eigenvalue weighted by Crippen LogP contribution is -2.34. The summed E-state index contributed by atoms with van der Waals surface area (Å²) in [6.07, 6.45) is 1.73. The van der Waals surface area contributed by atoms with Crippen LogP contribution in [0.1, 0.15) is 40.9 Å². The molecule has 2 heterocycles. The largest absolute Gasteiger partial charge is 0.342 e. The van der Waals surface area contributed by atoms with E-state index in [-0.39, 0.29) is 23.5 Å². The number of aromatic nitrogens is 4. The fourth-order valence-corrected chi connectivity index (χ4v) is 5.76. The molecule has 0 fully saturated rings. The first-order valence-electron chi connectivity index (χ1n) is 12.3. The smallest absolute Gasteiger partial charge is 0.253 e. The Labute approximate surface area is 240 Å². The van der Waals surface area contributed by atoms with Gasteiger partial charge in [-0.25, -0.2) is 4.98 Å². The van der Waals surface area contributed by atoms with Crippen molar-refractivity contribution in [3.05, 3.63) is 88.5 Å². The second-order valence-electron chi connectivity index (χ2n) is 9.04. The molecule has 202 valence electrons. The number of anilines is 1. The van der Waals surface area contributed by atoms with E-state index >= 15 is 0 Å². The second-order valence-corrected chi connectivity index (χ2v) is 11.6. The number of hydrogen-bond acceptors (Lipinski definition) is 7. The van der Waals surface area contributed by atoms with Crippen LogP contribution in [0.2, 0.25) is 5.02 Å². The fourth-order valence-electron chi connectivity index (χ4n) is 3.93. The molecule has 0 saturated heterocycles. The van der Waals surface area contributed by atoms with Gasteiger partial charge in [0, 0.05) is 17.0 Å².